The number of amides is 1. The minimum atomic E-state index is -0.556. The Morgan fingerprint density at radius 2 is 1.86 bits per heavy atom. The fraction of sp³-hybridized carbons (Fsp3) is 0.273. The number of aromatic nitrogens is 1. The second-order valence-electron chi connectivity index (χ2n) is 10.1. The molecule has 1 amide bonds. The monoisotopic (exact) mass is 609 g/mol. The van der Waals surface area contributed by atoms with Crippen LogP contribution in [0.3, 0.4) is 0 Å². The van der Waals surface area contributed by atoms with Crippen LogP contribution in [0.25, 0.3) is 22.4 Å². The Bertz CT molecular complexity index is 1740. The molecule has 1 atom stereocenters. The minimum Gasteiger partial charge on any atom is -0.493 e. The zero-order chi connectivity index (χ0) is 30.5. The lowest BCUT2D eigenvalue weighted by Gasteiger charge is -2.21. The van der Waals surface area contributed by atoms with Gasteiger partial charge in [-0.15, -0.1) is 11.3 Å². The van der Waals surface area contributed by atoms with Gasteiger partial charge in [-0.1, -0.05) is 61.2 Å². The number of benzene rings is 2. The molecule has 218 valence electrons. The Hall–Kier alpha value is -4.35. The van der Waals surface area contributed by atoms with E-state index in [0.717, 1.165) is 35.5 Å². The number of carbonyl (C=O) groups excluding carboxylic acids is 1. The molecule has 2 aromatic heterocycles. The predicted molar refractivity (Wildman–Crippen MR) is 171 cm³/mol. The number of pyridine rings is 1. The lowest BCUT2D eigenvalue weighted by Crippen LogP contribution is -2.25. The zero-order valence-electron chi connectivity index (χ0n) is 24.4. The third kappa shape index (κ3) is 6.09. The van der Waals surface area contributed by atoms with Crippen LogP contribution in [0.2, 0.25) is 0 Å². The van der Waals surface area contributed by atoms with Gasteiger partial charge in [-0.3, -0.25) is 4.79 Å². The predicted octanol–water partition coefficient (Wildman–Crippen LogP) is 6.73. The number of thiophene rings is 1. The van der Waals surface area contributed by atoms with Crippen LogP contribution in [0, 0.1) is 22.7 Å². The average molecular weight is 610 g/mol. The number of nitrogens with zero attached hydrogens (tertiary/aromatic N) is 4. The van der Waals surface area contributed by atoms with Crippen molar-refractivity contribution >= 4 is 34.0 Å². The molecule has 0 bridgehead atoms. The lowest BCUT2D eigenvalue weighted by molar-refractivity contribution is -0.115. The molecule has 0 fully saturated rings. The molecule has 1 N–H and O–H groups in total. The normalized spacial score (nSPS) is 13.3. The third-order valence-corrected chi connectivity index (χ3v) is 9.86. The van der Waals surface area contributed by atoms with Crippen molar-refractivity contribution in [1.82, 2.24) is 9.88 Å². The Balaban J connectivity index is 1.56. The number of thioether (sulfide) groups is 1. The number of nitrogens with one attached hydrogen (secondary N) is 1. The summed E-state index contributed by atoms with van der Waals surface area (Å²) in [5.74, 6) is 0.816. The highest BCUT2D eigenvalue weighted by atomic mass is 32.2. The van der Waals surface area contributed by atoms with Crippen LogP contribution in [0.15, 0.2) is 59.6 Å². The first kappa shape index (κ1) is 30.1. The van der Waals surface area contributed by atoms with Gasteiger partial charge in [-0.05, 0) is 37.6 Å². The third-order valence-electron chi connectivity index (χ3n) is 7.37. The van der Waals surface area contributed by atoms with Crippen molar-refractivity contribution < 1.29 is 14.3 Å². The number of ether oxygens (including phenoxy) is 2. The van der Waals surface area contributed by atoms with Crippen LogP contribution in [0.5, 0.6) is 11.5 Å². The molecular formula is C33H31N5O3S2. The Morgan fingerprint density at radius 3 is 2.53 bits per heavy atom. The molecule has 0 spiro atoms. The molecule has 43 heavy (non-hydrogen) atoms. The van der Waals surface area contributed by atoms with Crippen LogP contribution in [-0.4, -0.2) is 48.9 Å². The number of rotatable bonds is 9. The molecule has 1 aliphatic rings. The van der Waals surface area contributed by atoms with E-state index in [2.05, 4.69) is 29.4 Å². The van der Waals surface area contributed by atoms with Crippen molar-refractivity contribution in [3.05, 3.63) is 76.2 Å². The zero-order valence-corrected chi connectivity index (χ0v) is 26.1. The van der Waals surface area contributed by atoms with E-state index in [0.29, 0.717) is 55.9 Å². The summed E-state index contributed by atoms with van der Waals surface area (Å²) in [6, 6.07) is 21.8. The van der Waals surface area contributed by atoms with Gasteiger partial charge < -0.3 is 19.7 Å². The Labute approximate surface area is 259 Å². The van der Waals surface area contributed by atoms with Crippen molar-refractivity contribution in [3.8, 4) is 46.0 Å². The number of hydrogen-bond acceptors (Lipinski definition) is 9. The minimum absolute atomic E-state index is 0.229. The van der Waals surface area contributed by atoms with Crippen LogP contribution in [0.1, 0.15) is 34.9 Å². The summed E-state index contributed by atoms with van der Waals surface area (Å²) in [6.07, 6.45) is 1.28. The SMILES string of the molecule is CCC(Sc1nc(-c2ccccc2)cc(-c2cccc(OC)c2OC)c1C#N)C(=O)Nc1sc2c(c1C#N)CCN(C)C2. The molecule has 4 aromatic rings. The Morgan fingerprint density at radius 1 is 1.09 bits per heavy atom. The number of para-hydroxylation sites is 1. The van der Waals surface area contributed by atoms with Crippen molar-refractivity contribution in [1.29, 1.82) is 10.5 Å². The van der Waals surface area contributed by atoms with Gasteiger partial charge in [0.1, 0.15) is 22.2 Å². The van der Waals surface area contributed by atoms with E-state index >= 15 is 0 Å². The molecule has 0 radical (unpaired) electrons. The van der Waals surface area contributed by atoms with E-state index < -0.39 is 5.25 Å². The topological polar surface area (TPSA) is 111 Å². The molecule has 0 aliphatic carbocycles. The number of carbonyl (C=O) groups is 1. The summed E-state index contributed by atoms with van der Waals surface area (Å²) >= 11 is 2.72. The van der Waals surface area contributed by atoms with Gasteiger partial charge in [-0.25, -0.2) is 4.98 Å². The molecule has 3 heterocycles. The number of anilines is 1. The first-order valence-corrected chi connectivity index (χ1v) is 15.5. The summed E-state index contributed by atoms with van der Waals surface area (Å²) in [4.78, 5) is 21.9. The molecule has 1 aliphatic heterocycles. The number of nitriles is 2. The highest BCUT2D eigenvalue weighted by Crippen LogP contribution is 2.43. The quantitative estimate of drug-likeness (QED) is 0.208. The van der Waals surface area contributed by atoms with E-state index in [4.69, 9.17) is 14.5 Å². The van der Waals surface area contributed by atoms with Gasteiger partial charge in [0.25, 0.3) is 0 Å². The molecule has 0 saturated carbocycles. The molecule has 2 aromatic carbocycles. The summed E-state index contributed by atoms with van der Waals surface area (Å²) in [7, 11) is 5.19. The van der Waals surface area contributed by atoms with Gasteiger partial charge in [0.15, 0.2) is 11.5 Å². The molecule has 0 saturated heterocycles. The maximum atomic E-state index is 13.7. The molecule has 5 rings (SSSR count). The van der Waals surface area contributed by atoms with E-state index in [1.807, 2.05) is 55.5 Å². The van der Waals surface area contributed by atoms with Gasteiger partial charge in [0.2, 0.25) is 5.91 Å². The number of likely N-dealkylation sites (N-methyl/N-ethyl adjacent to an activating group) is 1. The molecular weight excluding hydrogens is 579 g/mol. The van der Waals surface area contributed by atoms with E-state index in [9.17, 15) is 15.3 Å². The lowest BCUT2D eigenvalue weighted by atomic mass is 9.98. The van der Waals surface area contributed by atoms with E-state index in [1.54, 1.807) is 20.3 Å². The summed E-state index contributed by atoms with van der Waals surface area (Å²) < 4.78 is 11.3. The Kier molecular flexibility index (Phi) is 9.32. The van der Waals surface area contributed by atoms with Crippen LogP contribution in [0.4, 0.5) is 5.00 Å². The van der Waals surface area contributed by atoms with E-state index in [1.165, 1.54) is 23.1 Å². The number of hydrogen-bond donors (Lipinski definition) is 1. The highest BCUT2D eigenvalue weighted by Gasteiger charge is 2.28. The second kappa shape index (κ2) is 13.3. The first-order valence-electron chi connectivity index (χ1n) is 13.8. The first-order chi connectivity index (χ1) is 20.9. The summed E-state index contributed by atoms with van der Waals surface area (Å²) in [5, 5.41) is 23.9. The van der Waals surface area contributed by atoms with Crippen LogP contribution < -0.4 is 14.8 Å². The van der Waals surface area contributed by atoms with Gasteiger partial charge in [-0.2, -0.15) is 10.5 Å². The summed E-state index contributed by atoms with van der Waals surface area (Å²) in [6.45, 7) is 3.56. The largest absolute Gasteiger partial charge is 0.493 e. The van der Waals surface area contributed by atoms with Crippen LogP contribution >= 0.6 is 23.1 Å². The maximum absolute atomic E-state index is 13.7. The van der Waals surface area contributed by atoms with E-state index in [-0.39, 0.29) is 5.91 Å². The number of methoxy groups -OCH3 is 2. The number of fused-ring (bicyclic) bond motifs is 1. The molecule has 1 unspecified atom stereocenters. The standard InChI is InChI=1S/C33H31N5O3S2/c1-5-28(31(39)37-33-24(17-34)21-14-15-38(2)19-29(21)43-33)42-32-25(18-35)23(16-26(36-32)20-10-7-6-8-11-20)22-12-9-13-27(40-3)30(22)41-4/h6-13,16,28H,5,14-15,19H2,1-4H3,(H,37,39). The molecule has 10 heteroatoms. The summed E-state index contributed by atoms with van der Waals surface area (Å²) in [5.41, 5.74) is 4.78. The van der Waals surface area contributed by atoms with Crippen molar-refractivity contribution in [2.75, 3.05) is 33.1 Å². The van der Waals surface area contributed by atoms with Gasteiger partial charge in [0.05, 0.1) is 36.3 Å². The smallest absolute Gasteiger partial charge is 0.238 e. The fourth-order valence-corrected chi connectivity index (χ4v) is 7.48. The van der Waals surface area contributed by atoms with Crippen molar-refractivity contribution in [2.24, 2.45) is 0 Å². The fourth-order valence-electron chi connectivity index (χ4n) is 5.17. The molecule has 8 nitrogen and oxygen atoms in total. The average Bonchev–Trinajstić information content (AvgIpc) is 3.38. The van der Waals surface area contributed by atoms with Crippen molar-refractivity contribution in [3.63, 3.8) is 0 Å². The second-order valence-corrected chi connectivity index (χ2v) is 12.4. The van der Waals surface area contributed by atoms with Crippen molar-refractivity contribution in [2.45, 2.75) is 36.6 Å². The maximum Gasteiger partial charge on any atom is 0.238 e. The highest BCUT2D eigenvalue weighted by molar-refractivity contribution is 8.00. The van der Waals surface area contributed by atoms with Gasteiger partial charge in [0, 0.05) is 34.7 Å². The van der Waals surface area contributed by atoms with Crippen LogP contribution in [-0.2, 0) is 17.8 Å². The van der Waals surface area contributed by atoms with Gasteiger partial charge >= 0.3 is 0 Å².